The first kappa shape index (κ1) is 19.4. The Labute approximate surface area is 180 Å². The molecule has 30 heavy (non-hydrogen) atoms. The molecule has 156 valence electrons. The number of hydrogen-bond acceptors (Lipinski definition) is 5. The van der Waals surface area contributed by atoms with Crippen LogP contribution in [0.2, 0.25) is 5.02 Å². The third-order valence-electron chi connectivity index (χ3n) is 6.06. The van der Waals surface area contributed by atoms with E-state index in [4.69, 9.17) is 21.6 Å². The SMILES string of the molecule is C[C@@H](Nc1nc(Nc2ccc(F)c(Cl)c2)nc2c(NC3CCC3)cccc12)C1CC1. The van der Waals surface area contributed by atoms with Gasteiger partial charge in [0, 0.05) is 23.2 Å². The van der Waals surface area contributed by atoms with Crippen LogP contribution in [0.5, 0.6) is 0 Å². The molecule has 2 aromatic carbocycles. The minimum Gasteiger partial charge on any atom is -0.381 e. The average Bonchev–Trinajstić information content (AvgIpc) is 3.53. The van der Waals surface area contributed by atoms with Gasteiger partial charge in [0.1, 0.15) is 17.2 Å². The van der Waals surface area contributed by atoms with Gasteiger partial charge in [-0.3, -0.25) is 0 Å². The molecule has 3 N–H and O–H groups in total. The van der Waals surface area contributed by atoms with Gasteiger partial charge in [0.05, 0.1) is 10.7 Å². The molecule has 2 fully saturated rings. The van der Waals surface area contributed by atoms with E-state index >= 15 is 0 Å². The summed E-state index contributed by atoms with van der Waals surface area (Å²) in [6.45, 7) is 2.20. The highest BCUT2D eigenvalue weighted by Crippen LogP contribution is 2.36. The molecule has 5 nitrogen and oxygen atoms in total. The largest absolute Gasteiger partial charge is 0.381 e. The number of anilines is 4. The predicted octanol–water partition coefficient (Wildman–Crippen LogP) is 6.34. The summed E-state index contributed by atoms with van der Waals surface area (Å²) in [5, 5.41) is 11.5. The second-order valence-corrected chi connectivity index (χ2v) is 8.80. The van der Waals surface area contributed by atoms with Gasteiger partial charge < -0.3 is 16.0 Å². The van der Waals surface area contributed by atoms with Gasteiger partial charge in [-0.1, -0.05) is 17.7 Å². The number of fused-ring (bicyclic) bond motifs is 1. The molecule has 1 aromatic heterocycles. The van der Waals surface area contributed by atoms with Crippen molar-refractivity contribution in [3.8, 4) is 0 Å². The number of halogens is 2. The topological polar surface area (TPSA) is 61.9 Å². The van der Waals surface area contributed by atoms with E-state index < -0.39 is 5.82 Å². The molecule has 1 atom stereocenters. The Kier molecular flexibility index (Phi) is 5.11. The summed E-state index contributed by atoms with van der Waals surface area (Å²) in [7, 11) is 0. The molecule has 0 spiro atoms. The van der Waals surface area contributed by atoms with E-state index in [2.05, 4.69) is 35.0 Å². The van der Waals surface area contributed by atoms with Crippen LogP contribution in [-0.2, 0) is 0 Å². The number of nitrogens with one attached hydrogen (secondary N) is 3. The molecule has 1 heterocycles. The highest BCUT2D eigenvalue weighted by Gasteiger charge is 2.29. The lowest BCUT2D eigenvalue weighted by Crippen LogP contribution is -2.27. The Morgan fingerprint density at radius 3 is 2.63 bits per heavy atom. The van der Waals surface area contributed by atoms with Crippen LogP contribution >= 0.6 is 11.6 Å². The third kappa shape index (κ3) is 4.01. The highest BCUT2D eigenvalue weighted by atomic mass is 35.5. The molecule has 0 amide bonds. The molecule has 0 saturated heterocycles. The standard InChI is InChI=1S/C23H25ClFN5/c1-13(14-8-9-14)26-22-17-6-3-7-20(27-15-4-2-5-15)21(17)29-23(30-22)28-16-10-11-19(25)18(24)12-16/h3,6-7,10-15,27H,2,4-5,8-9H2,1H3,(H2,26,28,29,30)/t13-/m1/s1. The second-order valence-electron chi connectivity index (χ2n) is 8.39. The van der Waals surface area contributed by atoms with Crippen LogP contribution in [0.3, 0.4) is 0 Å². The quantitative estimate of drug-likeness (QED) is 0.412. The van der Waals surface area contributed by atoms with Crippen molar-refractivity contribution in [1.29, 1.82) is 0 Å². The molecular formula is C23H25ClFN5. The summed E-state index contributed by atoms with van der Waals surface area (Å²) in [5.41, 5.74) is 2.54. The zero-order valence-electron chi connectivity index (χ0n) is 16.9. The van der Waals surface area contributed by atoms with Crippen molar-refractivity contribution < 1.29 is 4.39 Å². The lowest BCUT2D eigenvalue weighted by Gasteiger charge is -2.28. The summed E-state index contributed by atoms with van der Waals surface area (Å²) < 4.78 is 13.5. The molecule has 5 rings (SSSR count). The van der Waals surface area contributed by atoms with Gasteiger partial charge in [0.2, 0.25) is 5.95 Å². The van der Waals surface area contributed by atoms with Crippen LogP contribution in [0.25, 0.3) is 10.9 Å². The number of benzene rings is 2. The number of para-hydroxylation sites is 1. The molecule has 0 radical (unpaired) electrons. The third-order valence-corrected chi connectivity index (χ3v) is 6.35. The lowest BCUT2D eigenvalue weighted by molar-refractivity contribution is 0.446. The Balaban J connectivity index is 1.54. The van der Waals surface area contributed by atoms with Crippen LogP contribution in [0, 0.1) is 11.7 Å². The Bertz CT molecular complexity index is 1080. The van der Waals surface area contributed by atoms with Crippen molar-refractivity contribution >= 4 is 45.6 Å². The van der Waals surface area contributed by atoms with Gasteiger partial charge >= 0.3 is 0 Å². The van der Waals surface area contributed by atoms with Crippen LogP contribution in [0.1, 0.15) is 39.0 Å². The summed E-state index contributed by atoms with van der Waals surface area (Å²) in [6.07, 6.45) is 6.14. The maximum absolute atomic E-state index is 13.5. The van der Waals surface area contributed by atoms with Crippen LogP contribution in [0.15, 0.2) is 36.4 Å². The molecule has 0 bridgehead atoms. The monoisotopic (exact) mass is 425 g/mol. The van der Waals surface area contributed by atoms with Gasteiger partial charge in [-0.15, -0.1) is 0 Å². The van der Waals surface area contributed by atoms with Crippen molar-refractivity contribution in [3.05, 3.63) is 47.2 Å². The summed E-state index contributed by atoms with van der Waals surface area (Å²) in [5.74, 6) is 1.51. The van der Waals surface area contributed by atoms with E-state index in [9.17, 15) is 4.39 Å². The average molecular weight is 426 g/mol. The fourth-order valence-corrected chi connectivity index (χ4v) is 4.02. The summed E-state index contributed by atoms with van der Waals surface area (Å²) in [6, 6.07) is 11.5. The van der Waals surface area contributed by atoms with Crippen LogP contribution in [0.4, 0.5) is 27.5 Å². The van der Waals surface area contributed by atoms with Gasteiger partial charge in [-0.25, -0.2) is 9.37 Å². The van der Waals surface area contributed by atoms with E-state index in [0.29, 0.717) is 29.6 Å². The zero-order chi connectivity index (χ0) is 20.7. The Hall–Kier alpha value is -2.60. The smallest absolute Gasteiger partial charge is 0.229 e. The summed E-state index contributed by atoms with van der Waals surface area (Å²) in [4.78, 5) is 9.56. The van der Waals surface area contributed by atoms with Gasteiger partial charge in [-0.2, -0.15) is 4.98 Å². The van der Waals surface area contributed by atoms with Gasteiger partial charge in [0.25, 0.3) is 0 Å². The summed E-state index contributed by atoms with van der Waals surface area (Å²) >= 11 is 5.94. The molecule has 2 aliphatic carbocycles. The number of aromatic nitrogens is 2. The van der Waals surface area contributed by atoms with Crippen molar-refractivity contribution in [2.75, 3.05) is 16.0 Å². The number of hydrogen-bond donors (Lipinski definition) is 3. The molecule has 0 unspecified atom stereocenters. The minimum absolute atomic E-state index is 0.0637. The van der Waals surface area contributed by atoms with E-state index in [1.165, 1.54) is 38.2 Å². The zero-order valence-corrected chi connectivity index (χ0v) is 17.6. The number of rotatable bonds is 7. The maximum atomic E-state index is 13.5. The lowest BCUT2D eigenvalue weighted by atomic mass is 9.93. The van der Waals surface area contributed by atoms with Crippen molar-refractivity contribution in [2.24, 2.45) is 5.92 Å². The molecule has 2 aliphatic rings. The first-order valence-electron chi connectivity index (χ1n) is 10.6. The first-order valence-corrected chi connectivity index (χ1v) is 11.0. The second kappa shape index (κ2) is 7.91. The van der Waals surface area contributed by atoms with Gasteiger partial charge in [-0.05, 0) is 75.3 Å². The van der Waals surface area contributed by atoms with E-state index in [1.54, 1.807) is 12.1 Å². The molecular weight excluding hydrogens is 401 g/mol. The molecule has 2 saturated carbocycles. The molecule has 3 aromatic rings. The number of nitrogens with zero attached hydrogens (tertiary/aromatic N) is 2. The minimum atomic E-state index is -0.450. The normalized spacial score (nSPS) is 17.4. The van der Waals surface area contributed by atoms with Crippen molar-refractivity contribution in [2.45, 2.75) is 51.1 Å². The molecule has 0 aliphatic heterocycles. The van der Waals surface area contributed by atoms with Gasteiger partial charge in [0.15, 0.2) is 0 Å². The molecule has 7 heteroatoms. The fraction of sp³-hybridized carbons (Fsp3) is 0.391. The maximum Gasteiger partial charge on any atom is 0.229 e. The first-order chi connectivity index (χ1) is 14.6. The fourth-order valence-electron chi connectivity index (χ4n) is 3.84. The van der Waals surface area contributed by atoms with Crippen molar-refractivity contribution in [1.82, 2.24) is 9.97 Å². The Morgan fingerprint density at radius 2 is 1.93 bits per heavy atom. The highest BCUT2D eigenvalue weighted by molar-refractivity contribution is 6.31. The van der Waals surface area contributed by atoms with Crippen LogP contribution in [-0.4, -0.2) is 22.1 Å². The van der Waals surface area contributed by atoms with E-state index in [1.807, 2.05) is 6.07 Å². The predicted molar refractivity (Wildman–Crippen MR) is 121 cm³/mol. The van der Waals surface area contributed by atoms with Crippen LogP contribution < -0.4 is 16.0 Å². The van der Waals surface area contributed by atoms with Crippen molar-refractivity contribution in [3.63, 3.8) is 0 Å². The Morgan fingerprint density at radius 1 is 1.10 bits per heavy atom. The van der Waals surface area contributed by atoms with E-state index in [0.717, 1.165) is 22.4 Å². The van der Waals surface area contributed by atoms with E-state index in [-0.39, 0.29) is 5.02 Å².